The molecule has 0 radical (unpaired) electrons. The highest BCUT2D eigenvalue weighted by atomic mass is 16.5. The van der Waals surface area contributed by atoms with E-state index in [-0.39, 0.29) is 0 Å². The first-order chi connectivity index (χ1) is 9.46. The molecule has 0 amide bonds. The van der Waals surface area contributed by atoms with Crippen molar-refractivity contribution in [3.8, 4) is 5.75 Å². The third-order valence-corrected chi connectivity index (χ3v) is 4.25. The summed E-state index contributed by atoms with van der Waals surface area (Å²) in [5.41, 5.74) is 16.9. The monoisotopic (exact) mass is 278 g/mol. The van der Waals surface area contributed by atoms with E-state index >= 15 is 0 Å². The van der Waals surface area contributed by atoms with E-state index in [1.54, 1.807) is 0 Å². The van der Waals surface area contributed by atoms with Crippen molar-refractivity contribution in [2.75, 3.05) is 19.7 Å². The van der Waals surface area contributed by atoms with Crippen LogP contribution in [0.15, 0.2) is 6.07 Å². The Morgan fingerprint density at radius 1 is 1.10 bits per heavy atom. The van der Waals surface area contributed by atoms with Crippen molar-refractivity contribution in [2.45, 2.75) is 47.0 Å². The van der Waals surface area contributed by atoms with E-state index in [0.29, 0.717) is 31.5 Å². The molecule has 0 bridgehead atoms. The summed E-state index contributed by atoms with van der Waals surface area (Å²) in [6.45, 7) is 12.8. The Bertz CT molecular complexity index is 439. The number of aryl methyl sites for hydroxylation is 1. The molecular formula is C17H30N2O. The highest BCUT2D eigenvalue weighted by Crippen LogP contribution is 2.34. The lowest BCUT2D eigenvalue weighted by Crippen LogP contribution is -2.25. The van der Waals surface area contributed by atoms with E-state index in [9.17, 15) is 0 Å². The highest BCUT2D eigenvalue weighted by Gasteiger charge is 2.19. The molecule has 0 aliphatic heterocycles. The Morgan fingerprint density at radius 3 is 2.20 bits per heavy atom. The summed E-state index contributed by atoms with van der Waals surface area (Å²) in [7, 11) is 0. The van der Waals surface area contributed by atoms with Crippen molar-refractivity contribution < 1.29 is 4.74 Å². The van der Waals surface area contributed by atoms with Gasteiger partial charge >= 0.3 is 0 Å². The third-order valence-electron chi connectivity index (χ3n) is 4.25. The lowest BCUT2D eigenvalue weighted by atomic mass is 9.83. The van der Waals surface area contributed by atoms with Gasteiger partial charge in [0, 0.05) is 0 Å². The maximum atomic E-state index is 5.78. The maximum absolute atomic E-state index is 5.78. The lowest BCUT2D eigenvalue weighted by Gasteiger charge is -2.24. The van der Waals surface area contributed by atoms with Crippen LogP contribution < -0.4 is 16.2 Å². The first kappa shape index (κ1) is 17.0. The van der Waals surface area contributed by atoms with Crippen LogP contribution in [0.25, 0.3) is 0 Å². The van der Waals surface area contributed by atoms with Crippen molar-refractivity contribution in [3.05, 3.63) is 28.3 Å². The summed E-state index contributed by atoms with van der Waals surface area (Å²) in [6.07, 6.45) is 1.04. The molecule has 0 heterocycles. The molecule has 0 aliphatic carbocycles. The average molecular weight is 278 g/mol. The van der Waals surface area contributed by atoms with E-state index in [2.05, 4.69) is 33.8 Å². The summed E-state index contributed by atoms with van der Waals surface area (Å²) in [5, 5.41) is 0. The molecule has 0 spiro atoms. The van der Waals surface area contributed by atoms with Crippen LogP contribution in [-0.2, 0) is 0 Å². The Labute approximate surface area is 123 Å². The number of ether oxygens (including phenoxy) is 1. The Kier molecular flexibility index (Phi) is 6.50. The van der Waals surface area contributed by atoms with E-state index in [1.165, 1.54) is 22.3 Å². The molecular weight excluding hydrogens is 248 g/mol. The molecule has 3 nitrogen and oxygen atoms in total. The van der Waals surface area contributed by atoms with Gasteiger partial charge in [0.25, 0.3) is 0 Å². The summed E-state index contributed by atoms with van der Waals surface area (Å²) in [4.78, 5) is 0. The summed E-state index contributed by atoms with van der Waals surface area (Å²) < 4.78 is 5.72. The standard InChI is InChI=1S/C17H30N2O/c1-6-20-16-8-12(3)17(14(5)13(16)4)11(2)7-15(9-18)10-19/h8,11,15H,6-7,9-10,18-19H2,1-5H3. The largest absolute Gasteiger partial charge is 0.494 e. The topological polar surface area (TPSA) is 61.3 Å². The minimum atomic E-state index is 0.399. The minimum Gasteiger partial charge on any atom is -0.494 e. The second-order valence-corrected chi connectivity index (χ2v) is 5.76. The number of hydrogen-bond donors (Lipinski definition) is 2. The first-order valence-corrected chi connectivity index (χ1v) is 7.59. The third kappa shape index (κ3) is 3.74. The molecule has 1 aromatic carbocycles. The second-order valence-electron chi connectivity index (χ2n) is 5.76. The molecule has 0 aromatic heterocycles. The zero-order valence-electron chi connectivity index (χ0n) is 13.6. The van der Waals surface area contributed by atoms with Gasteiger partial charge in [0.05, 0.1) is 6.61 Å². The van der Waals surface area contributed by atoms with Gasteiger partial charge in [-0.05, 0) is 87.4 Å². The fraction of sp³-hybridized carbons (Fsp3) is 0.647. The number of nitrogens with two attached hydrogens (primary N) is 2. The van der Waals surface area contributed by atoms with E-state index in [0.717, 1.165) is 12.2 Å². The van der Waals surface area contributed by atoms with Crippen LogP contribution in [0.3, 0.4) is 0 Å². The minimum absolute atomic E-state index is 0.399. The molecule has 1 rings (SSSR count). The molecule has 0 fully saturated rings. The second kappa shape index (κ2) is 7.65. The molecule has 0 saturated carbocycles. The van der Waals surface area contributed by atoms with Crippen LogP contribution in [0.1, 0.15) is 48.4 Å². The van der Waals surface area contributed by atoms with Gasteiger partial charge in [-0.15, -0.1) is 0 Å². The fourth-order valence-electron chi connectivity index (χ4n) is 3.04. The highest BCUT2D eigenvalue weighted by molar-refractivity contribution is 5.49. The number of benzene rings is 1. The molecule has 0 saturated heterocycles. The molecule has 0 aliphatic rings. The van der Waals surface area contributed by atoms with Gasteiger partial charge < -0.3 is 16.2 Å². The maximum Gasteiger partial charge on any atom is 0.122 e. The van der Waals surface area contributed by atoms with E-state index in [1.807, 2.05) is 6.92 Å². The SMILES string of the molecule is CCOc1cc(C)c(C(C)CC(CN)CN)c(C)c1C. The predicted octanol–water partition coefficient (Wildman–Crippen LogP) is 3.04. The van der Waals surface area contributed by atoms with Gasteiger partial charge in [-0.25, -0.2) is 0 Å². The smallest absolute Gasteiger partial charge is 0.122 e. The molecule has 1 unspecified atom stereocenters. The van der Waals surface area contributed by atoms with Crippen molar-refractivity contribution >= 4 is 0 Å². The van der Waals surface area contributed by atoms with Crippen LogP contribution in [0, 0.1) is 26.7 Å². The van der Waals surface area contributed by atoms with E-state index < -0.39 is 0 Å². The van der Waals surface area contributed by atoms with Crippen LogP contribution in [0.4, 0.5) is 0 Å². The Hall–Kier alpha value is -1.06. The van der Waals surface area contributed by atoms with Crippen molar-refractivity contribution in [2.24, 2.45) is 17.4 Å². The predicted molar refractivity (Wildman–Crippen MR) is 86.5 cm³/mol. The summed E-state index contributed by atoms with van der Waals surface area (Å²) in [6, 6.07) is 2.16. The molecule has 1 atom stereocenters. The molecule has 4 N–H and O–H groups in total. The van der Waals surface area contributed by atoms with Crippen molar-refractivity contribution in [3.63, 3.8) is 0 Å². The molecule has 20 heavy (non-hydrogen) atoms. The van der Waals surface area contributed by atoms with E-state index in [4.69, 9.17) is 16.2 Å². The van der Waals surface area contributed by atoms with Gasteiger partial charge in [-0.1, -0.05) is 6.92 Å². The molecule has 114 valence electrons. The normalized spacial score (nSPS) is 12.8. The van der Waals surface area contributed by atoms with Gasteiger partial charge in [0.2, 0.25) is 0 Å². The van der Waals surface area contributed by atoms with Gasteiger partial charge in [-0.2, -0.15) is 0 Å². The quantitative estimate of drug-likeness (QED) is 0.806. The lowest BCUT2D eigenvalue weighted by molar-refractivity contribution is 0.337. The summed E-state index contributed by atoms with van der Waals surface area (Å²) >= 11 is 0. The number of hydrogen-bond acceptors (Lipinski definition) is 3. The van der Waals surface area contributed by atoms with Crippen LogP contribution in [0.5, 0.6) is 5.75 Å². The fourth-order valence-corrected chi connectivity index (χ4v) is 3.04. The first-order valence-electron chi connectivity index (χ1n) is 7.59. The van der Waals surface area contributed by atoms with Crippen molar-refractivity contribution in [1.82, 2.24) is 0 Å². The van der Waals surface area contributed by atoms with Crippen LogP contribution in [-0.4, -0.2) is 19.7 Å². The van der Waals surface area contributed by atoms with Crippen molar-refractivity contribution in [1.29, 1.82) is 0 Å². The Balaban J connectivity index is 3.09. The summed E-state index contributed by atoms with van der Waals surface area (Å²) in [5.74, 6) is 1.88. The van der Waals surface area contributed by atoms with Gasteiger partial charge in [0.1, 0.15) is 5.75 Å². The van der Waals surface area contributed by atoms with Gasteiger partial charge in [0.15, 0.2) is 0 Å². The average Bonchev–Trinajstić information content (AvgIpc) is 2.42. The molecule has 3 heteroatoms. The van der Waals surface area contributed by atoms with Crippen LogP contribution in [0.2, 0.25) is 0 Å². The van der Waals surface area contributed by atoms with Gasteiger partial charge in [-0.3, -0.25) is 0 Å². The Morgan fingerprint density at radius 2 is 1.70 bits per heavy atom. The zero-order valence-corrected chi connectivity index (χ0v) is 13.6. The molecule has 1 aromatic rings. The van der Waals surface area contributed by atoms with Crippen LogP contribution >= 0.6 is 0 Å². The number of rotatable bonds is 7. The zero-order chi connectivity index (χ0) is 15.3.